The average molecular weight is 353 g/mol. The van der Waals surface area contributed by atoms with E-state index in [9.17, 15) is 9.59 Å². The second-order valence-corrected chi connectivity index (χ2v) is 6.64. The standard InChI is InChI=1S/C20H24N4O2/c1-15-4-3-5-17(14-15)19(25)22-16(2)20(26)24-12-10-23(11-13-24)18-6-8-21-9-7-18/h3-9,14,16H,10-13H2,1-2H3,(H,22,25)/p+1/t16-/m0/s1. The van der Waals surface area contributed by atoms with E-state index in [-0.39, 0.29) is 11.8 Å². The number of amides is 2. The zero-order valence-corrected chi connectivity index (χ0v) is 15.2. The number of anilines is 1. The Kier molecular flexibility index (Phi) is 5.51. The van der Waals surface area contributed by atoms with Crippen molar-refractivity contribution in [1.29, 1.82) is 0 Å². The lowest BCUT2D eigenvalue weighted by atomic mass is 10.1. The van der Waals surface area contributed by atoms with Gasteiger partial charge in [0.05, 0.1) is 0 Å². The van der Waals surface area contributed by atoms with Gasteiger partial charge in [-0.05, 0) is 26.0 Å². The van der Waals surface area contributed by atoms with Crippen molar-refractivity contribution in [3.05, 3.63) is 59.9 Å². The first-order valence-electron chi connectivity index (χ1n) is 8.92. The van der Waals surface area contributed by atoms with E-state index < -0.39 is 6.04 Å². The molecule has 2 N–H and O–H groups in total. The van der Waals surface area contributed by atoms with Gasteiger partial charge in [-0.25, -0.2) is 4.98 Å². The molecule has 26 heavy (non-hydrogen) atoms. The van der Waals surface area contributed by atoms with Crippen LogP contribution in [0.25, 0.3) is 0 Å². The number of aromatic amines is 1. The van der Waals surface area contributed by atoms with Crippen LogP contribution in [0.5, 0.6) is 0 Å². The highest BCUT2D eigenvalue weighted by molar-refractivity contribution is 5.97. The fourth-order valence-corrected chi connectivity index (χ4v) is 3.18. The van der Waals surface area contributed by atoms with Crippen LogP contribution in [0.3, 0.4) is 0 Å². The molecule has 1 fully saturated rings. The monoisotopic (exact) mass is 353 g/mol. The van der Waals surface area contributed by atoms with E-state index >= 15 is 0 Å². The van der Waals surface area contributed by atoms with Gasteiger partial charge in [0.15, 0.2) is 12.4 Å². The molecule has 3 rings (SSSR count). The summed E-state index contributed by atoms with van der Waals surface area (Å²) in [6.07, 6.45) is 3.80. The maximum absolute atomic E-state index is 12.7. The van der Waals surface area contributed by atoms with Crippen LogP contribution >= 0.6 is 0 Å². The van der Waals surface area contributed by atoms with E-state index in [1.54, 1.807) is 13.0 Å². The number of carbonyl (C=O) groups is 2. The van der Waals surface area contributed by atoms with Crippen LogP contribution in [-0.2, 0) is 4.79 Å². The zero-order valence-electron chi connectivity index (χ0n) is 15.2. The summed E-state index contributed by atoms with van der Waals surface area (Å²) in [6.45, 7) is 6.57. The predicted molar refractivity (Wildman–Crippen MR) is 99.9 cm³/mol. The molecule has 1 aliphatic heterocycles. The van der Waals surface area contributed by atoms with Gasteiger partial charge >= 0.3 is 0 Å². The third-order valence-corrected chi connectivity index (χ3v) is 4.66. The average Bonchev–Trinajstić information content (AvgIpc) is 2.68. The molecule has 0 bridgehead atoms. The Hall–Kier alpha value is -2.89. The van der Waals surface area contributed by atoms with Crippen LogP contribution in [0.4, 0.5) is 5.69 Å². The number of carbonyl (C=O) groups excluding carboxylic acids is 2. The summed E-state index contributed by atoms with van der Waals surface area (Å²) in [7, 11) is 0. The number of hydrogen-bond donors (Lipinski definition) is 1. The molecule has 1 aromatic carbocycles. The molecule has 1 saturated heterocycles. The molecule has 6 nitrogen and oxygen atoms in total. The number of aryl methyl sites for hydroxylation is 1. The first-order valence-corrected chi connectivity index (χ1v) is 8.92. The van der Waals surface area contributed by atoms with Crippen molar-refractivity contribution in [2.24, 2.45) is 0 Å². The molecule has 0 unspecified atom stereocenters. The molecule has 1 aromatic heterocycles. The Morgan fingerprint density at radius 1 is 1.08 bits per heavy atom. The minimum atomic E-state index is -0.541. The van der Waals surface area contributed by atoms with E-state index in [0.29, 0.717) is 18.7 Å². The van der Waals surface area contributed by atoms with E-state index in [1.165, 1.54) is 0 Å². The van der Waals surface area contributed by atoms with Gasteiger partial charge in [0.2, 0.25) is 5.91 Å². The van der Waals surface area contributed by atoms with Gasteiger partial charge < -0.3 is 15.1 Å². The lowest BCUT2D eigenvalue weighted by Gasteiger charge is -2.37. The topological polar surface area (TPSA) is 66.8 Å². The van der Waals surface area contributed by atoms with Gasteiger partial charge in [0, 0.05) is 49.6 Å². The van der Waals surface area contributed by atoms with E-state index in [4.69, 9.17) is 0 Å². The predicted octanol–water partition coefficient (Wildman–Crippen LogP) is 1.28. The number of aromatic nitrogens is 1. The van der Waals surface area contributed by atoms with Gasteiger partial charge in [-0.15, -0.1) is 0 Å². The Bertz CT molecular complexity index is 770. The number of pyridine rings is 1. The van der Waals surface area contributed by atoms with Crippen molar-refractivity contribution in [2.45, 2.75) is 19.9 Å². The second-order valence-electron chi connectivity index (χ2n) is 6.64. The molecule has 0 radical (unpaired) electrons. The van der Waals surface area contributed by atoms with Crippen LogP contribution in [0.1, 0.15) is 22.8 Å². The smallest absolute Gasteiger partial charge is 0.251 e. The van der Waals surface area contributed by atoms with Gasteiger partial charge in [-0.1, -0.05) is 17.7 Å². The van der Waals surface area contributed by atoms with Crippen molar-refractivity contribution in [3.8, 4) is 0 Å². The Morgan fingerprint density at radius 3 is 2.42 bits per heavy atom. The lowest BCUT2D eigenvalue weighted by molar-refractivity contribution is -0.377. The normalized spacial score (nSPS) is 15.5. The number of hydrogen-bond acceptors (Lipinski definition) is 3. The molecular weight excluding hydrogens is 328 g/mol. The third kappa shape index (κ3) is 4.20. The lowest BCUT2D eigenvalue weighted by Crippen LogP contribution is -2.54. The molecule has 2 amide bonds. The summed E-state index contributed by atoms with van der Waals surface area (Å²) in [4.78, 5) is 32.1. The second kappa shape index (κ2) is 7.99. The molecule has 0 aliphatic carbocycles. The Labute approximate surface area is 153 Å². The summed E-state index contributed by atoms with van der Waals surface area (Å²) in [5.41, 5.74) is 2.75. The molecule has 0 saturated carbocycles. The number of nitrogens with one attached hydrogen (secondary N) is 2. The van der Waals surface area contributed by atoms with Gasteiger partial charge in [0.25, 0.3) is 5.91 Å². The Morgan fingerprint density at radius 2 is 1.77 bits per heavy atom. The maximum Gasteiger partial charge on any atom is 0.251 e. The first-order chi connectivity index (χ1) is 12.5. The highest BCUT2D eigenvalue weighted by atomic mass is 16.2. The fourth-order valence-electron chi connectivity index (χ4n) is 3.18. The first kappa shape index (κ1) is 17.9. The molecule has 136 valence electrons. The third-order valence-electron chi connectivity index (χ3n) is 4.66. The van der Waals surface area contributed by atoms with Crippen molar-refractivity contribution in [1.82, 2.24) is 10.2 Å². The maximum atomic E-state index is 12.7. The fraction of sp³-hybridized carbons (Fsp3) is 0.350. The van der Waals surface area contributed by atoms with Crippen LogP contribution in [0.15, 0.2) is 48.8 Å². The highest BCUT2D eigenvalue weighted by Crippen LogP contribution is 2.14. The number of benzene rings is 1. The largest absolute Gasteiger partial charge is 0.368 e. The van der Waals surface area contributed by atoms with E-state index in [0.717, 1.165) is 24.3 Å². The quantitative estimate of drug-likeness (QED) is 0.900. The van der Waals surface area contributed by atoms with Crippen molar-refractivity contribution in [3.63, 3.8) is 0 Å². The molecule has 1 aliphatic rings. The summed E-state index contributed by atoms with van der Waals surface area (Å²) in [6, 6.07) is 10.9. The number of H-pyrrole nitrogens is 1. The van der Waals surface area contributed by atoms with Crippen LogP contribution < -0.4 is 15.2 Å². The van der Waals surface area contributed by atoms with Crippen LogP contribution in [0.2, 0.25) is 0 Å². The minimum absolute atomic E-state index is 0.0351. The molecule has 2 aromatic rings. The molecule has 1 atom stereocenters. The van der Waals surface area contributed by atoms with Crippen molar-refractivity contribution >= 4 is 17.5 Å². The van der Waals surface area contributed by atoms with Gasteiger partial charge in [0.1, 0.15) is 6.04 Å². The van der Waals surface area contributed by atoms with Gasteiger partial charge in [-0.3, -0.25) is 9.59 Å². The highest BCUT2D eigenvalue weighted by Gasteiger charge is 2.26. The van der Waals surface area contributed by atoms with Crippen molar-refractivity contribution < 1.29 is 14.6 Å². The summed E-state index contributed by atoms with van der Waals surface area (Å²) in [5.74, 6) is -0.249. The zero-order chi connectivity index (χ0) is 18.5. The number of rotatable bonds is 4. The van der Waals surface area contributed by atoms with Crippen LogP contribution in [0, 0.1) is 6.92 Å². The molecule has 2 heterocycles. The molecule has 0 spiro atoms. The summed E-state index contributed by atoms with van der Waals surface area (Å²) in [5, 5.41) is 2.82. The van der Waals surface area contributed by atoms with Crippen molar-refractivity contribution in [2.75, 3.05) is 31.1 Å². The molecular formula is C20H25N4O2+. The summed E-state index contributed by atoms with van der Waals surface area (Å²) < 4.78 is 0. The number of piperazine rings is 1. The van der Waals surface area contributed by atoms with Gasteiger partial charge in [-0.2, -0.15) is 0 Å². The van der Waals surface area contributed by atoms with Crippen LogP contribution in [-0.4, -0.2) is 48.9 Å². The summed E-state index contributed by atoms with van der Waals surface area (Å²) >= 11 is 0. The van der Waals surface area contributed by atoms with E-state index in [1.807, 2.05) is 54.5 Å². The molecule has 6 heteroatoms. The Balaban J connectivity index is 1.54. The minimum Gasteiger partial charge on any atom is -0.368 e. The number of nitrogens with zero attached hydrogens (tertiary/aromatic N) is 2. The SMILES string of the molecule is Cc1cccc(C(=O)N[C@@H](C)C(=O)N2CCN(c3cc[nH+]cc3)CC2)c1. The van der Waals surface area contributed by atoms with E-state index in [2.05, 4.69) is 15.2 Å².